The van der Waals surface area contributed by atoms with E-state index in [1.807, 2.05) is 6.92 Å². The van der Waals surface area contributed by atoms with Gasteiger partial charge in [0.05, 0.1) is 37.6 Å². The molecule has 0 saturated carbocycles. The highest BCUT2D eigenvalue weighted by Crippen LogP contribution is 2.20. The molecule has 0 aliphatic rings. The molecular weight excluding hydrogens is 348 g/mol. The van der Waals surface area contributed by atoms with Gasteiger partial charge in [-0.05, 0) is 19.1 Å². The minimum absolute atomic E-state index is 0.145. The van der Waals surface area contributed by atoms with E-state index in [0.717, 1.165) is 6.26 Å². The summed E-state index contributed by atoms with van der Waals surface area (Å²) in [6.45, 7) is 2.60. The van der Waals surface area contributed by atoms with Gasteiger partial charge in [0.2, 0.25) is 0 Å². The number of aromatic nitrogens is 5. The molecule has 0 aliphatic heterocycles. The summed E-state index contributed by atoms with van der Waals surface area (Å²) in [5.74, 6) is 0.379. The van der Waals surface area contributed by atoms with Crippen molar-refractivity contribution in [1.29, 1.82) is 0 Å². The van der Waals surface area contributed by atoms with Crippen LogP contribution < -0.4 is 14.7 Å². The Bertz CT molecular complexity index is 1000. The van der Waals surface area contributed by atoms with Gasteiger partial charge in [-0.15, -0.1) is 0 Å². The van der Waals surface area contributed by atoms with Crippen molar-refractivity contribution in [3.63, 3.8) is 0 Å². The highest BCUT2D eigenvalue weighted by Gasteiger charge is 2.13. The van der Waals surface area contributed by atoms with Gasteiger partial charge in [0.25, 0.3) is 0 Å². The smallest absolute Gasteiger partial charge is 0.320 e. The van der Waals surface area contributed by atoms with E-state index in [1.165, 1.54) is 12.3 Å². The summed E-state index contributed by atoms with van der Waals surface area (Å²) >= 11 is 0. The van der Waals surface area contributed by atoms with Crippen LogP contribution in [0.4, 0.5) is 5.82 Å². The summed E-state index contributed by atoms with van der Waals surface area (Å²) in [7, 11) is -3.58. The molecule has 0 saturated heterocycles. The second kappa shape index (κ2) is 6.51. The predicted molar refractivity (Wildman–Crippen MR) is 89.7 cm³/mol. The minimum Gasteiger partial charge on any atom is -0.464 e. The molecule has 10 nitrogen and oxygen atoms in total. The third kappa shape index (κ3) is 3.94. The first-order valence-electron chi connectivity index (χ1n) is 7.31. The Labute approximate surface area is 143 Å². The Morgan fingerprint density at radius 3 is 2.68 bits per heavy atom. The molecule has 0 radical (unpaired) electrons. The number of pyridine rings is 1. The largest absolute Gasteiger partial charge is 0.464 e. The van der Waals surface area contributed by atoms with Crippen LogP contribution in [0, 0.1) is 0 Å². The summed E-state index contributed by atoms with van der Waals surface area (Å²) in [6, 6.07) is 3.36. The molecule has 0 aromatic carbocycles. The summed E-state index contributed by atoms with van der Waals surface area (Å²) < 4.78 is 34.0. The number of fused-ring (bicyclic) bond motifs is 1. The Kier molecular flexibility index (Phi) is 4.40. The quantitative estimate of drug-likeness (QED) is 0.623. The molecule has 132 valence electrons. The molecule has 2 N–H and O–H groups in total. The van der Waals surface area contributed by atoms with E-state index in [9.17, 15) is 8.42 Å². The molecule has 0 unspecified atom stereocenters. The number of nitrogen functional groups attached to an aromatic ring is 1. The van der Waals surface area contributed by atoms with Gasteiger partial charge >= 0.3 is 16.1 Å². The lowest BCUT2D eigenvalue weighted by Gasteiger charge is -2.07. The van der Waals surface area contributed by atoms with Crippen LogP contribution in [0.1, 0.15) is 12.6 Å². The lowest BCUT2D eigenvalue weighted by Crippen LogP contribution is -2.07. The maximum Gasteiger partial charge on any atom is 0.320 e. The SMILES string of the molecule is CCOc1nc(N)c2ncn(Cc3ccc(OS(C)(=O)=O)cn3)c2n1. The Balaban J connectivity index is 1.87. The molecule has 3 aromatic rings. The first-order chi connectivity index (χ1) is 11.9. The van der Waals surface area contributed by atoms with E-state index < -0.39 is 10.1 Å². The van der Waals surface area contributed by atoms with Crippen LogP contribution in [-0.2, 0) is 16.7 Å². The van der Waals surface area contributed by atoms with Crippen molar-refractivity contribution in [3.05, 3.63) is 30.4 Å². The fourth-order valence-electron chi connectivity index (χ4n) is 2.16. The predicted octanol–water partition coefficient (Wildman–Crippen LogP) is 0.589. The zero-order chi connectivity index (χ0) is 18.0. The number of nitrogens with two attached hydrogens (primary N) is 1. The van der Waals surface area contributed by atoms with Crippen molar-refractivity contribution in [2.24, 2.45) is 0 Å². The van der Waals surface area contributed by atoms with Crippen LogP contribution in [-0.4, -0.2) is 45.8 Å². The van der Waals surface area contributed by atoms with Crippen LogP contribution >= 0.6 is 0 Å². The molecule has 25 heavy (non-hydrogen) atoms. The van der Waals surface area contributed by atoms with Crippen LogP contribution in [0.2, 0.25) is 0 Å². The molecule has 0 bridgehead atoms. The number of hydrogen-bond acceptors (Lipinski definition) is 9. The zero-order valence-corrected chi connectivity index (χ0v) is 14.4. The fraction of sp³-hybridized carbons (Fsp3) is 0.286. The van der Waals surface area contributed by atoms with Crippen molar-refractivity contribution >= 4 is 27.1 Å². The highest BCUT2D eigenvalue weighted by atomic mass is 32.2. The van der Waals surface area contributed by atoms with Crippen molar-refractivity contribution in [1.82, 2.24) is 24.5 Å². The fourth-order valence-corrected chi connectivity index (χ4v) is 2.61. The number of rotatable bonds is 6. The summed E-state index contributed by atoms with van der Waals surface area (Å²) in [6.07, 6.45) is 3.89. The standard InChI is InChI=1S/C14H16N6O4S/c1-3-23-14-18-12(15)11-13(19-14)20(8-17-11)7-9-4-5-10(6-16-9)24-25(2,21)22/h4-6,8H,3,7H2,1-2H3,(H2,15,18,19). The van der Waals surface area contributed by atoms with E-state index in [2.05, 4.69) is 19.9 Å². The normalized spacial score (nSPS) is 11.6. The van der Waals surface area contributed by atoms with Gasteiger partial charge in [-0.3, -0.25) is 4.98 Å². The molecule has 0 amide bonds. The topological polar surface area (TPSA) is 135 Å². The number of anilines is 1. The van der Waals surface area contributed by atoms with Crippen molar-refractivity contribution in [2.75, 3.05) is 18.6 Å². The van der Waals surface area contributed by atoms with E-state index in [1.54, 1.807) is 17.0 Å². The molecule has 0 spiro atoms. The summed E-state index contributed by atoms with van der Waals surface area (Å²) in [5.41, 5.74) is 7.53. The number of ether oxygens (including phenoxy) is 1. The van der Waals surface area contributed by atoms with Gasteiger partial charge in [-0.2, -0.15) is 18.4 Å². The van der Waals surface area contributed by atoms with E-state index in [-0.39, 0.29) is 17.6 Å². The average molecular weight is 364 g/mol. The zero-order valence-electron chi connectivity index (χ0n) is 13.6. The number of imidazole rings is 1. The molecule has 3 rings (SSSR count). The van der Waals surface area contributed by atoms with Crippen LogP contribution in [0.25, 0.3) is 11.2 Å². The first kappa shape index (κ1) is 16.9. The molecule has 11 heteroatoms. The Morgan fingerprint density at radius 2 is 2.04 bits per heavy atom. The van der Waals surface area contributed by atoms with Crippen molar-refractivity contribution in [2.45, 2.75) is 13.5 Å². The summed E-state index contributed by atoms with van der Waals surface area (Å²) in [4.78, 5) is 16.7. The number of hydrogen-bond donors (Lipinski definition) is 1. The lowest BCUT2D eigenvalue weighted by molar-refractivity contribution is 0.314. The van der Waals surface area contributed by atoms with Gasteiger partial charge in [0, 0.05) is 0 Å². The van der Waals surface area contributed by atoms with Crippen LogP contribution in [0.5, 0.6) is 11.8 Å². The maximum atomic E-state index is 11.1. The monoisotopic (exact) mass is 364 g/mol. The Morgan fingerprint density at radius 1 is 1.24 bits per heavy atom. The maximum absolute atomic E-state index is 11.1. The van der Waals surface area contributed by atoms with Crippen molar-refractivity contribution < 1.29 is 17.3 Å². The second-order valence-electron chi connectivity index (χ2n) is 5.14. The van der Waals surface area contributed by atoms with Gasteiger partial charge < -0.3 is 19.2 Å². The molecular formula is C14H16N6O4S. The minimum atomic E-state index is -3.58. The van der Waals surface area contributed by atoms with Crippen LogP contribution in [0.3, 0.4) is 0 Å². The first-order valence-corrected chi connectivity index (χ1v) is 9.13. The second-order valence-corrected chi connectivity index (χ2v) is 6.72. The molecule has 0 atom stereocenters. The van der Waals surface area contributed by atoms with Crippen LogP contribution in [0.15, 0.2) is 24.7 Å². The van der Waals surface area contributed by atoms with Crippen molar-refractivity contribution in [3.8, 4) is 11.8 Å². The van der Waals surface area contributed by atoms with Gasteiger partial charge in [0.15, 0.2) is 22.7 Å². The van der Waals surface area contributed by atoms with E-state index >= 15 is 0 Å². The number of nitrogens with zero attached hydrogens (tertiary/aromatic N) is 5. The summed E-state index contributed by atoms with van der Waals surface area (Å²) in [5, 5.41) is 0. The van der Waals surface area contributed by atoms with Gasteiger partial charge in [-0.25, -0.2) is 4.98 Å². The van der Waals surface area contributed by atoms with E-state index in [0.29, 0.717) is 30.0 Å². The third-order valence-corrected chi connectivity index (χ3v) is 3.62. The molecule has 0 fully saturated rings. The van der Waals surface area contributed by atoms with Gasteiger partial charge in [0.1, 0.15) is 0 Å². The Hall–Kier alpha value is -2.95. The molecule has 3 aromatic heterocycles. The molecule has 0 aliphatic carbocycles. The highest BCUT2D eigenvalue weighted by molar-refractivity contribution is 7.86. The van der Waals surface area contributed by atoms with E-state index in [4.69, 9.17) is 14.7 Å². The third-order valence-electron chi connectivity index (χ3n) is 3.12. The average Bonchev–Trinajstić information content (AvgIpc) is 2.92. The lowest BCUT2D eigenvalue weighted by atomic mass is 10.3. The van der Waals surface area contributed by atoms with Gasteiger partial charge in [-0.1, -0.05) is 0 Å². The molecule has 3 heterocycles.